The number of hydrogen-bond donors (Lipinski definition) is 2. The molecule has 4 saturated carbocycles. The van der Waals surface area contributed by atoms with Gasteiger partial charge in [-0.3, -0.25) is 4.79 Å². The topological polar surface area (TPSA) is 63.3 Å². The first-order valence-electron chi connectivity index (χ1n) is 4.60. The minimum absolute atomic E-state index is 0.339. The number of hydrogen-bond acceptors (Lipinski definition) is 2. The Morgan fingerprint density at radius 3 is 1.92 bits per heavy atom. The van der Waals surface area contributed by atoms with Gasteiger partial charge in [0, 0.05) is 5.54 Å². The Labute approximate surface area is 70.9 Å². The molecule has 0 aromatic heterocycles. The molecule has 4 rings (SSSR count). The second-order valence-electron chi connectivity index (χ2n) is 4.88. The van der Waals surface area contributed by atoms with Gasteiger partial charge in [-0.2, -0.15) is 0 Å². The van der Waals surface area contributed by atoms with Gasteiger partial charge < -0.3 is 10.8 Å². The van der Waals surface area contributed by atoms with E-state index in [2.05, 4.69) is 0 Å². The largest absolute Gasteiger partial charge is 0.481 e. The number of rotatable bonds is 1. The quantitative estimate of drug-likeness (QED) is 0.600. The lowest BCUT2D eigenvalue weighted by atomic mass is 9.75. The van der Waals surface area contributed by atoms with Crippen LogP contribution in [0.3, 0.4) is 0 Å². The molecule has 4 aliphatic rings. The van der Waals surface area contributed by atoms with E-state index in [1.807, 2.05) is 0 Å². The molecule has 4 fully saturated rings. The summed E-state index contributed by atoms with van der Waals surface area (Å²) in [5, 5.41) is 9.17. The van der Waals surface area contributed by atoms with Crippen LogP contribution in [0.4, 0.5) is 0 Å². The molecule has 3 heteroatoms. The molecule has 3 N–H and O–H groups in total. The van der Waals surface area contributed by atoms with Crippen LogP contribution in [0.15, 0.2) is 0 Å². The van der Waals surface area contributed by atoms with Crippen molar-refractivity contribution in [2.75, 3.05) is 0 Å². The zero-order valence-corrected chi connectivity index (χ0v) is 6.92. The predicted octanol–water partition coefficient (Wildman–Crippen LogP) is 0.588. The van der Waals surface area contributed by atoms with Crippen LogP contribution in [0.2, 0.25) is 0 Å². The normalized spacial score (nSPS) is 60.1. The van der Waals surface area contributed by atoms with Gasteiger partial charge in [0.05, 0.1) is 5.41 Å². The standard InChI is InChI=1S/C9H13NO2/c10-9-3-5-1-8(9,7(11)12)2-6(5)4-9/h5-6H,1-4,10H2,(H,11,12). The molecule has 0 aliphatic heterocycles. The van der Waals surface area contributed by atoms with E-state index in [-0.39, 0.29) is 5.54 Å². The minimum atomic E-state index is -0.646. The summed E-state index contributed by atoms with van der Waals surface area (Å²) < 4.78 is 0. The number of aliphatic carboxylic acids is 1. The van der Waals surface area contributed by atoms with E-state index in [0.717, 1.165) is 25.7 Å². The molecule has 12 heavy (non-hydrogen) atoms. The van der Waals surface area contributed by atoms with Crippen molar-refractivity contribution in [2.45, 2.75) is 31.2 Å². The average Bonchev–Trinajstić information content (AvgIpc) is 2.51. The first-order valence-corrected chi connectivity index (χ1v) is 4.60. The zero-order chi connectivity index (χ0) is 8.56. The monoisotopic (exact) mass is 167 g/mol. The lowest BCUT2D eigenvalue weighted by Crippen LogP contribution is -2.51. The minimum Gasteiger partial charge on any atom is -0.481 e. The lowest BCUT2D eigenvalue weighted by molar-refractivity contribution is -0.150. The summed E-state index contributed by atoms with van der Waals surface area (Å²) in [6.07, 6.45) is 3.63. The van der Waals surface area contributed by atoms with Crippen LogP contribution < -0.4 is 5.73 Å². The third kappa shape index (κ3) is 0.454. The van der Waals surface area contributed by atoms with Gasteiger partial charge in [-0.05, 0) is 37.5 Å². The van der Waals surface area contributed by atoms with Crippen molar-refractivity contribution < 1.29 is 9.90 Å². The Balaban J connectivity index is 2.14. The number of carboxylic acid groups (broad SMARTS) is 1. The van der Waals surface area contributed by atoms with Gasteiger partial charge in [-0.25, -0.2) is 0 Å². The number of carboxylic acids is 1. The summed E-state index contributed by atoms with van der Waals surface area (Å²) in [6.45, 7) is 0. The van der Waals surface area contributed by atoms with Crippen LogP contribution in [0.1, 0.15) is 25.7 Å². The van der Waals surface area contributed by atoms with Crippen LogP contribution in [-0.4, -0.2) is 16.6 Å². The summed E-state index contributed by atoms with van der Waals surface area (Å²) >= 11 is 0. The molecule has 0 aromatic rings. The summed E-state index contributed by atoms with van der Waals surface area (Å²) in [4.78, 5) is 11.1. The first-order chi connectivity index (χ1) is 5.57. The zero-order valence-electron chi connectivity index (χ0n) is 6.92. The highest BCUT2D eigenvalue weighted by Gasteiger charge is 2.73. The summed E-state index contributed by atoms with van der Waals surface area (Å²) in [6, 6.07) is 0. The molecular weight excluding hydrogens is 154 g/mol. The molecule has 66 valence electrons. The van der Waals surface area contributed by atoms with E-state index < -0.39 is 11.4 Å². The maximum Gasteiger partial charge on any atom is 0.311 e. The first kappa shape index (κ1) is 6.89. The third-order valence-corrected chi connectivity index (χ3v) is 4.50. The fraction of sp³-hybridized carbons (Fsp3) is 0.889. The van der Waals surface area contributed by atoms with E-state index in [9.17, 15) is 9.90 Å². The van der Waals surface area contributed by atoms with Crippen LogP contribution in [-0.2, 0) is 4.79 Å². The Kier molecular flexibility index (Phi) is 0.893. The Morgan fingerprint density at radius 1 is 1.25 bits per heavy atom. The number of carbonyl (C=O) groups is 1. The van der Waals surface area contributed by atoms with Crippen molar-refractivity contribution in [2.24, 2.45) is 23.0 Å². The Bertz CT molecular complexity index is 260. The molecule has 0 saturated heterocycles. The van der Waals surface area contributed by atoms with Crippen molar-refractivity contribution in [1.29, 1.82) is 0 Å². The van der Waals surface area contributed by atoms with Crippen molar-refractivity contribution in [3.05, 3.63) is 0 Å². The molecule has 4 bridgehead atoms. The van der Waals surface area contributed by atoms with Crippen LogP contribution in [0, 0.1) is 17.3 Å². The second kappa shape index (κ2) is 1.55. The molecule has 0 heterocycles. The van der Waals surface area contributed by atoms with Crippen LogP contribution >= 0.6 is 0 Å². The van der Waals surface area contributed by atoms with Crippen molar-refractivity contribution >= 4 is 5.97 Å². The van der Waals surface area contributed by atoms with Crippen LogP contribution in [0.5, 0.6) is 0 Å². The fourth-order valence-corrected chi connectivity index (χ4v) is 3.99. The molecule has 0 spiro atoms. The van der Waals surface area contributed by atoms with E-state index in [1.165, 1.54) is 0 Å². The summed E-state index contributed by atoms with van der Waals surface area (Å²) in [7, 11) is 0. The maximum absolute atomic E-state index is 11.1. The molecule has 0 aromatic carbocycles. The molecular formula is C9H13NO2. The smallest absolute Gasteiger partial charge is 0.311 e. The molecule has 0 amide bonds. The van der Waals surface area contributed by atoms with E-state index in [4.69, 9.17) is 5.73 Å². The van der Waals surface area contributed by atoms with Crippen LogP contribution in [0.25, 0.3) is 0 Å². The third-order valence-electron chi connectivity index (χ3n) is 4.50. The van der Waals surface area contributed by atoms with Gasteiger partial charge in [0.25, 0.3) is 0 Å². The van der Waals surface area contributed by atoms with Gasteiger partial charge in [0.1, 0.15) is 0 Å². The Hall–Kier alpha value is -0.570. The van der Waals surface area contributed by atoms with Gasteiger partial charge in [-0.15, -0.1) is 0 Å². The summed E-state index contributed by atoms with van der Waals surface area (Å²) in [5.41, 5.74) is 5.28. The van der Waals surface area contributed by atoms with E-state index >= 15 is 0 Å². The van der Waals surface area contributed by atoms with Crippen molar-refractivity contribution in [1.82, 2.24) is 0 Å². The van der Waals surface area contributed by atoms with Gasteiger partial charge in [0.2, 0.25) is 0 Å². The fourth-order valence-electron chi connectivity index (χ4n) is 3.99. The highest BCUT2D eigenvalue weighted by molar-refractivity contribution is 5.79. The predicted molar refractivity (Wildman–Crippen MR) is 42.4 cm³/mol. The van der Waals surface area contributed by atoms with Gasteiger partial charge in [0.15, 0.2) is 0 Å². The Morgan fingerprint density at radius 2 is 1.75 bits per heavy atom. The van der Waals surface area contributed by atoms with Crippen molar-refractivity contribution in [3.8, 4) is 0 Å². The van der Waals surface area contributed by atoms with E-state index in [0.29, 0.717) is 11.8 Å². The summed E-state index contributed by atoms with van der Waals surface area (Å²) in [5.74, 6) is 0.615. The average molecular weight is 167 g/mol. The SMILES string of the molecule is NC12CC3CC1(C(=O)O)CC3C2. The van der Waals surface area contributed by atoms with E-state index in [1.54, 1.807) is 0 Å². The number of nitrogens with two attached hydrogens (primary N) is 1. The molecule has 3 nitrogen and oxygen atoms in total. The highest BCUT2D eigenvalue weighted by Crippen LogP contribution is 2.70. The molecule has 2 unspecified atom stereocenters. The molecule has 2 atom stereocenters. The van der Waals surface area contributed by atoms with Gasteiger partial charge in [-0.1, -0.05) is 0 Å². The lowest BCUT2D eigenvalue weighted by Gasteiger charge is -2.33. The highest BCUT2D eigenvalue weighted by atomic mass is 16.4. The van der Waals surface area contributed by atoms with Crippen molar-refractivity contribution in [3.63, 3.8) is 0 Å². The maximum atomic E-state index is 11.1. The van der Waals surface area contributed by atoms with Gasteiger partial charge >= 0.3 is 5.97 Å². The second-order valence-corrected chi connectivity index (χ2v) is 4.88. The molecule has 4 aliphatic carbocycles. The molecule has 0 radical (unpaired) electrons.